The monoisotopic (exact) mass is 456 g/mol. The van der Waals surface area contributed by atoms with Crippen LogP contribution in [0.5, 0.6) is 5.75 Å². The van der Waals surface area contributed by atoms with Crippen molar-refractivity contribution in [1.82, 2.24) is 14.9 Å². The fourth-order valence-electron chi connectivity index (χ4n) is 3.40. The van der Waals surface area contributed by atoms with Crippen molar-refractivity contribution in [3.05, 3.63) is 65.5 Å². The van der Waals surface area contributed by atoms with Gasteiger partial charge in [-0.25, -0.2) is 13.2 Å². The van der Waals surface area contributed by atoms with Gasteiger partial charge in [-0.3, -0.25) is 9.40 Å². The Morgan fingerprint density at radius 2 is 2.03 bits per heavy atom. The summed E-state index contributed by atoms with van der Waals surface area (Å²) in [4.78, 5) is 12.0. The number of anilines is 1. The highest BCUT2D eigenvalue weighted by Crippen LogP contribution is 2.35. The summed E-state index contributed by atoms with van der Waals surface area (Å²) < 4.78 is 46.1. The Hall–Kier alpha value is -3.86. The molecule has 2 heterocycles. The molecule has 0 unspecified atom stereocenters. The minimum atomic E-state index is -4.20. The molecule has 0 saturated carbocycles. The number of nitrogens with zero attached hydrogens (tertiary/aromatic N) is 3. The second kappa shape index (κ2) is 8.35. The Balaban J connectivity index is 1.75. The average Bonchev–Trinajstić information content (AvgIpc) is 3.42. The highest BCUT2D eigenvalue weighted by molar-refractivity contribution is 7.92. The van der Waals surface area contributed by atoms with E-state index in [1.165, 1.54) is 20.3 Å². The standard InChI is InChI=1S/C21H20N4O6S/c1-13-6-4-7-17(18(13)21(26)30-3)32(27,28)24-20-19-15(29-2)10-14(11-16(19)31-23-20)12-25-9-5-8-22-25/h4-11H,12H2,1-3H3,(H,23,24). The number of hydrogen-bond donors (Lipinski definition) is 1. The van der Waals surface area contributed by atoms with Crippen LogP contribution in [0.2, 0.25) is 0 Å². The second-order valence-corrected chi connectivity index (χ2v) is 8.60. The number of carbonyl (C=O) groups is 1. The van der Waals surface area contributed by atoms with Gasteiger partial charge in [0.15, 0.2) is 11.4 Å². The molecule has 0 aliphatic heterocycles. The van der Waals surface area contributed by atoms with Crippen molar-refractivity contribution < 1.29 is 27.2 Å². The van der Waals surface area contributed by atoms with Crippen LogP contribution in [0.15, 0.2) is 58.2 Å². The number of rotatable bonds is 7. The lowest BCUT2D eigenvalue weighted by Crippen LogP contribution is -2.19. The Morgan fingerprint density at radius 1 is 1.22 bits per heavy atom. The summed E-state index contributed by atoms with van der Waals surface area (Å²) in [5.41, 5.74) is 1.58. The van der Waals surface area contributed by atoms with Crippen molar-refractivity contribution in [3.8, 4) is 5.75 Å². The van der Waals surface area contributed by atoms with E-state index in [0.29, 0.717) is 28.8 Å². The molecule has 11 heteroatoms. The zero-order valence-electron chi connectivity index (χ0n) is 17.5. The summed E-state index contributed by atoms with van der Waals surface area (Å²) in [5.74, 6) is -0.435. The summed E-state index contributed by atoms with van der Waals surface area (Å²) in [7, 11) is -1.55. The lowest BCUT2D eigenvalue weighted by Gasteiger charge is -2.12. The molecule has 0 bridgehead atoms. The highest BCUT2D eigenvalue weighted by Gasteiger charge is 2.27. The third-order valence-corrected chi connectivity index (χ3v) is 6.25. The molecule has 166 valence electrons. The van der Waals surface area contributed by atoms with Gasteiger partial charge in [-0.2, -0.15) is 5.10 Å². The number of aromatic nitrogens is 3. The van der Waals surface area contributed by atoms with E-state index < -0.39 is 16.0 Å². The number of methoxy groups -OCH3 is 2. The van der Waals surface area contributed by atoms with Crippen LogP contribution < -0.4 is 9.46 Å². The number of hydrogen-bond acceptors (Lipinski definition) is 8. The van der Waals surface area contributed by atoms with E-state index in [1.807, 2.05) is 12.3 Å². The molecular formula is C21H20N4O6S. The number of benzene rings is 2. The van der Waals surface area contributed by atoms with E-state index in [4.69, 9.17) is 14.0 Å². The molecule has 2 aromatic carbocycles. The molecule has 0 amide bonds. The van der Waals surface area contributed by atoms with E-state index in [-0.39, 0.29) is 16.3 Å². The Labute approximate surface area is 183 Å². The fraction of sp³-hybridized carbons (Fsp3) is 0.190. The Bertz CT molecular complexity index is 1390. The lowest BCUT2D eigenvalue weighted by molar-refractivity contribution is 0.0595. The van der Waals surface area contributed by atoms with E-state index >= 15 is 0 Å². The van der Waals surface area contributed by atoms with Crippen molar-refractivity contribution in [2.75, 3.05) is 18.9 Å². The largest absolute Gasteiger partial charge is 0.496 e. The molecule has 0 aliphatic carbocycles. The number of carbonyl (C=O) groups excluding carboxylic acids is 1. The highest BCUT2D eigenvalue weighted by atomic mass is 32.2. The first-order valence-corrected chi connectivity index (χ1v) is 11.0. The molecule has 0 atom stereocenters. The van der Waals surface area contributed by atoms with Gasteiger partial charge in [-0.15, -0.1) is 0 Å². The summed E-state index contributed by atoms with van der Waals surface area (Å²) >= 11 is 0. The molecule has 4 rings (SSSR count). The smallest absolute Gasteiger partial charge is 0.339 e. The van der Waals surface area contributed by atoms with Gasteiger partial charge in [-0.05, 0) is 42.3 Å². The van der Waals surface area contributed by atoms with Crippen molar-refractivity contribution >= 4 is 32.8 Å². The first kappa shape index (κ1) is 21.4. The average molecular weight is 456 g/mol. The van der Waals surface area contributed by atoms with Crippen molar-refractivity contribution in [2.24, 2.45) is 0 Å². The summed E-state index contributed by atoms with van der Waals surface area (Å²) in [6, 6.07) is 9.79. The third-order valence-electron chi connectivity index (χ3n) is 4.87. The maximum Gasteiger partial charge on any atom is 0.339 e. The lowest BCUT2D eigenvalue weighted by atomic mass is 10.1. The van der Waals surface area contributed by atoms with Crippen LogP contribution in [0, 0.1) is 6.92 Å². The number of fused-ring (bicyclic) bond motifs is 1. The molecule has 0 aliphatic rings. The van der Waals surface area contributed by atoms with Gasteiger partial charge in [0.1, 0.15) is 16.0 Å². The molecule has 32 heavy (non-hydrogen) atoms. The normalized spacial score (nSPS) is 11.5. The van der Waals surface area contributed by atoms with E-state index in [1.54, 1.807) is 42.1 Å². The quantitative estimate of drug-likeness (QED) is 0.421. The van der Waals surface area contributed by atoms with Crippen LogP contribution in [-0.2, 0) is 21.3 Å². The molecule has 2 aromatic heterocycles. The van der Waals surface area contributed by atoms with Gasteiger partial charge in [0.05, 0.1) is 26.3 Å². The molecular weight excluding hydrogens is 436 g/mol. The van der Waals surface area contributed by atoms with Crippen molar-refractivity contribution in [3.63, 3.8) is 0 Å². The maximum atomic E-state index is 13.2. The number of sulfonamides is 1. The Kier molecular flexibility index (Phi) is 5.57. The molecule has 0 radical (unpaired) electrons. The minimum Gasteiger partial charge on any atom is -0.496 e. The minimum absolute atomic E-state index is 0.0521. The van der Waals surface area contributed by atoms with Gasteiger partial charge in [-0.1, -0.05) is 17.3 Å². The van der Waals surface area contributed by atoms with Gasteiger partial charge < -0.3 is 14.0 Å². The predicted molar refractivity (Wildman–Crippen MR) is 115 cm³/mol. The number of esters is 1. The topological polar surface area (TPSA) is 126 Å². The van der Waals surface area contributed by atoms with E-state index in [0.717, 1.165) is 5.56 Å². The number of ether oxygens (including phenoxy) is 2. The molecule has 4 aromatic rings. The molecule has 0 spiro atoms. The van der Waals surface area contributed by atoms with Crippen LogP contribution in [0.25, 0.3) is 11.0 Å². The zero-order chi connectivity index (χ0) is 22.9. The fourth-order valence-corrected chi connectivity index (χ4v) is 4.68. The van der Waals surface area contributed by atoms with Gasteiger partial charge in [0.25, 0.3) is 10.0 Å². The Morgan fingerprint density at radius 3 is 2.72 bits per heavy atom. The van der Waals surface area contributed by atoms with E-state index in [9.17, 15) is 13.2 Å². The SMILES string of the molecule is COC(=O)c1c(C)cccc1S(=O)(=O)Nc1noc2cc(Cn3cccn3)cc(OC)c12. The summed E-state index contributed by atoms with van der Waals surface area (Å²) in [6.07, 6.45) is 3.49. The molecule has 1 N–H and O–H groups in total. The second-order valence-electron chi connectivity index (χ2n) is 6.95. The molecule has 0 saturated heterocycles. The third kappa shape index (κ3) is 3.89. The van der Waals surface area contributed by atoms with Crippen LogP contribution >= 0.6 is 0 Å². The summed E-state index contributed by atoms with van der Waals surface area (Å²) in [6.45, 7) is 2.09. The zero-order valence-corrected chi connectivity index (χ0v) is 18.3. The van der Waals surface area contributed by atoms with Gasteiger partial charge in [0, 0.05) is 12.4 Å². The predicted octanol–water partition coefficient (Wildman–Crippen LogP) is 2.98. The first-order valence-electron chi connectivity index (χ1n) is 9.48. The molecule has 10 nitrogen and oxygen atoms in total. The van der Waals surface area contributed by atoms with Crippen LogP contribution in [-0.4, -0.2) is 43.5 Å². The number of nitrogens with one attached hydrogen (secondary N) is 1. The van der Waals surface area contributed by atoms with Crippen LogP contribution in [0.4, 0.5) is 5.82 Å². The van der Waals surface area contributed by atoms with E-state index in [2.05, 4.69) is 15.0 Å². The van der Waals surface area contributed by atoms with Crippen molar-refractivity contribution in [1.29, 1.82) is 0 Å². The van der Waals surface area contributed by atoms with Crippen LogP contribution in [0.3, 0.4) is 0 Å². The van der Waals surface area contributed by atoms with Gasteiger partial charge >= 0.3 is 5.97 Å². The van der Waals surface area contributed by atoms with Gasteiger partial charge in [0.2, 0.25) is 0 Å². The first-order chi connectivity index (χ1) is 15.3. The molecule has 0 fully saturated rings. The number of aryl methyl sites for hydroxylation is 1. The van der Waals surface area contributed by atoms with Crippen molar-refractivity contribution in [2.45, 2.75) is 18.4 Å². The maximum absolute atomic E-state index is 13.2. The summed E-state index contributed by atoms with van der Waals surface area (Å²) in [5, 5.41) is 8.41. The van der Waals surface area contributed by atoms with Crippen LogP contribution in [0.1, 0.15) is 21.5 Å².